The third-order valence-electron chi connectivity index (χ3n) is 2.69. The number of aromatic nitrogens is 2. The second kappa shape index (κ2) is 4.49. The van der Waals surface area contributed by atoms with Gasteiger partial charge in [-0.15, -0.1) is 0 Å². The van der Waals surface area contributed by atoms with Crippen molar-refractivity contribution in [2.45, 2.75) is 12.7 Å². The Bertz CT molecular complexity index is 612. The quantitative estimate of drug-likeness (QED) is 0.879. The van der Waals surface area contributed by atoms with Crippen LogP contribution in [0.4, 0.5) is 13.2 Å². The van der Waals surface area contributed by atoms with Crippen molar-refractivity contribution >= 4 is 11.0 Å². The van der Waals surface area contributed by atoms with E-state index in [9.17, 15) is 18.0 Å². The van der Waals surface area contributed by atoms with Crippen molar-refractivity contribution in [1.82, 2.24) is 14.9 Å². The lowest BCUT2D eigenvalue weighted by Crippen LogP contribution is -2.23. The van der Waals surface area contributed by atoms with Gasteiger partial charge in [0.05, 0.1) is 16.6 Å². The number of hydrogen-bond acceptors (Lipinski definition) is 2. The van der Waals surface area contributed by atoms with Gasteiger partial charge in [0.1, 0.15) is 0 Å². The van der Waals surface area contributed by atoms with Gasteiger partial charge < -0.3 is 10.3 Å². The summed E-state index contributed by atoms with van der Waals surface area (Å²) in [4.78, 5) is 14.0. The largest absolute Gasteiger partial charge is 0.416 e. The first-order valence-corrected chi connectivity index (χ1v) is 5.38. The van der Waals surface area contributed by atoms with Gasteiger partial charge in [-0.25, -0.2) is 4.79 Å². The van der Waals surface area contributed by atoms with E-state index in [4.69, 9.17) is 0 Å². The van der Waals surface area contributed by atoms with Crippen molar-refractivity contribution in [2.75, 3.05) is 13.6 Å². The molecule has 7 heteroatoms. The van der Waals surface area contributed by atoms with Crippen LogP contribution >= 0.6 is 0 Å². The summed E-state index contributed by atoms with van der Waals surface area (Å²) in [5, 5.41) is 2.88. The number of nitrogens with one attached hydrogen (secondary N) is 2. The van der Waals surface area contributed by atoms with Gasteiger partial charge in [0, 0.05) is 13.1 Å². The van der Waals surface area contributed by atoms with E-state index in [2.05, 4.69) is 10.3 Å². The van der Waals surface area contributed by atoms with Crippen molar-refractivity contribution in [1.29, 1.82) is 0 Å². The molecule has 0 unspecified atom stereocenters. The van der Waals surface area contributed by atoms with E-state index in [0.29, 0.717) is 18.6 Å². The maximum absolute atomic E-state index is 12.5. The molecule has 0 saturated carbocycles. The highest BCUT2D eigenvalue weighted by atomic mass is 19.4. The molecule has 98 valence electrons. The minimum atomic E-state index is -4.40. The molecule has 1 aromatic heterocycles. The molecule has 0 atom stereocenters. The smallest absolute Gasteiger partial charge is 0.318 e. The minimum absolute atomic E-state index is 0.200. The van der Waals surface area contributed by atoms with Gasteiger partial charge in [-0.05, 0) is 25.2 Å². The van der Waals surface area contributed by atoms with Gasteiger partial charge in [0.25, 0.3) is 0 Å². The zero-order valence-electron chi connectivity index (χ0n) is 9.64. The second-order valence-electron chi connectivity index (χ2n) is 3.92. The first-order valence-electron chi connectivity index (χ1n) is 5.38. The Kier molecular flexibility index (Phi) is 3.16. The molecule has 0 fully saturated rings. The first kappa shape index (κ1) is 12.7. The monoisotopic (exact) mass is 259 g/mol. The Hall–Kier alpha value is -1.76. The maximum atomic E-state index is 12.5. The number of nitrogens with zero attached hydrogens (tertiary/aromatic N) is 1. The molecular formula is C11H12F3N3O. The van der Waals surface area contributed by atoms with Crippen molar-refractivity contribution in [3.8, 4) is 0 Å². The van der Waals surface area contributed by atoms with Gasteiger partial charge in [0.15, 0.2) is 0 Å². The normalized spacial score (nSPS) is 12.2. The fourth-order valence-corrected chi connectivity index (χ4v) is 1.79. The molecule has 0 radical (unpaired) electrons. The van der Waals surface area contributed by atoms with Gasteiger partial charge in [-0.2, -0.15) is 13.2 Å². The van der Waals surface area contributed by atoms with Crippen LogP contribution in [0.25, 0.3) is 11.0 Å². The van der Waals surface area contributed by atoms with Crippen LogP contribution in [0.3, 0.4) is 0 Å². The van der Waals surface area contributed by atoms with Crippen LogP contribution in [0.15, 0.2) is 23.0 Å². The molecule has 0 aliphatic carbocycles. The second-order valence-corrected chi connectivity index (χ2v) is 3.92. The SMILES string of the molecule is CNCCn1c(=O)[nH]c2cc(C(F)(F)F)ccc21. The zero-order valence-corrected chi connectivity index (χ0v) is 9.64. The highest BCUT2D eigenvalue weighted by molar-refractivity contribution is 5.76. The fourth-order valence-electron chi connectivity index (χ4n) is 1.79. The third-order valence-corrected chi connectivity index (χ3v) is 2.69. The Morgan fingerprint density at radius 3 is 2.72 bits per heavy atom. The highest BCUT2D eigenvalue weighted by Crippen LogP contribution is 2.30. The summed E-state index contributed by atoms with van der Waals surface area (Å²) in [5.41, 5.74) is -0.495. The van der Waals surface area contributed by atoms with Crippen molar-refractivity contribution < 1.29 is 13.2 Å². The fraction of sp³-hybridized carbons (Fsp3) is 0.364. The number of fused-ring (bicyclic) bond motifs is 1. The lowest BCUT2D eigenvalue weighted by atomic mass is 10.2. The van der Waals surface area contributed by atoms with Crippen LogP contribution in [0, 0.1) is 0 Å². The van der Waals surface area contributed by atoms with Gasteiger partial charge >= 0.3 is 11.9 Å². The number of rotatable bonds is 3. The number of likely N-dealkylation sites (N-methyl/N-ethyl adjacent to an activating group) is 1. The van der Waals surface area contributed by atoms with E-state index in [-0.39, 0.29) is 5.52 Å². The van der Waals surface area contributed by atoms with Crippen LogP contribution in [0.2, 0.25) is 0 Å². The Balaban J connectivity index is 2.51. The molecule has 0 aliphatic rings. The average Bonchev–Trinajstić information content (AvgIpc) is 2.60. The molecule has 0 spiro atoms. The molecule has 18 heavy (non-hydrogen) atoms. The summed E-state index contributed by atoms with van der Waals surface area (Å²) in [6, 6.07) is 3.24. The standard InChI is InChI=1S/C11H12F3N3O/c1-15-4-5-17-9-3-2-7(11(12,13)14)6-8(9)16-10(17)18/h2-3,6,15H,4-5H2,1H3,(H,16,18). The predicted molar refractivity (Wildman–Crippen MR) is 61.5 cm³/mol. The molecule has 0 bridgehead atoms. The van der Waals surface area contributed by atoms with Crippen LogP contribution in [-0.4, -0.2) is 23.1 Å². The summed E-state index contributed by atoms with van der Waals surface area (Å²) in [7, 11) is 1.74. The molecule has 4 nitrogen and oxygen atoms in total. The van der Waals surface area contributed by atoms with Crippen molar-refractivity contribution in [2.24, 2.45) is 0 Å². The number of hydrogen-bond donors (Lipinski definition) is 2. The number of halogens is 3. The number of imidazole rings is 1. The molecule has 0 saturated heterocycles. The Morgan fingerprint density at radius 2 is 2.11 bits per heavy atom. The van der Waals surface area contributed by atoms with E-state index in [1.165, 1.54) is 10.6 Å². The summed E-state index contributed by atoms with van der Waals surface area (Å²) >= 11 is 0. The topological polar surface area (TPSA) is 49.8 Å². The highest BCUT2D eigenvalue weighted by Gasteiger charge is 2.30. The van der Waals surface area contributed by atoms with E-state index >= 15 is 0 Å². The Morgan fingerprint density at radius 1 is 1.39 bits per heavy atom. The summed E-state index contributed by atoms with van der Waals surface area (Å²) < 4.78 is 39.0. The number of alkyl halides is 3. The molecule has 0 aliphatic heterocycles. The van der Waals surface area contributed by atoms with Crippen LogP contribution < -0.4 is 11.0 Å². The number of aromatic amines is 1. The maximum Gasteiger partial charge on any atom is 0.416 e. The van der Waals surface area contributed by atoms with Gasteiger partial charge in [-0.3, -0.25) is 4.57 Å². The van der Waals surface area contributed by atoms with Crippen molar-refractivity contribution in [3.05, 3.63) is 34.2 Å². The van der Waals surface area contributed by atoms with E-state index < -0.39 is 17.4 Å². The summed E-state index contributed by atoms with van der Waals surface area (Å²) in [6.45, 7) is 0.967. The summed E-state index contributed by atoms with van der Waals surface area (Å²) in [5.74, 6) is 0. The molecular weight excluding hydrogens is 247 g/mol. The Labute approximate surface area is 100 Å². The number of H-pyrrole nitrogens is 1. The lowest BCUT2D eigenvalue weighted by Gasteiger charge is -2.07. The molecule has 1 heterocycles. The number of benzene rings is 1. The summed E-state index contributed by atoms with van der Waals surface area (Å²) in [6.07, 6.45) is -4.40. The van der Waals surface area contributed by atoms with Crippen molar-refractivity contribution in [3.63, 3.8) is 0 Å². The third kappa shape index (κ3) is 2.26. The van der Waals surface area contributed by atoms with Gasteiger partial charge in [-0.1, -0.05) is 0 Å². The van der Waals surface area contributed by atoms with Crippen LogP contribution in [0.1, 0.15) is 5.56 Å². The predicted octanol–water partition coefficient (Wildman–Crippen LogP) is 1.57. The molecule has 0 amide bonds. The van der Waals surface area contributed by atoms with E-state index in [1.807, 2.05) is 0 Å². The van der Waals surface area contributed by atoms with E-state index in [1.54, 1.807) is 7.05 Å². The first-order chi connectivity index (χ1) is 8.43. The molecule has 2 rings (SSSR count). The van der Waals surface area contributed by atoms with E-state index in [0.717, 1.165) is 12.1 Å². The molecule has 2 N–H and O–H groups in total. The van der Waals surface area contributed by atoms with Gasteiger partial charge in [0.2, 0.25) is 0 Å². The van der Waals surface area contributed by atoms with Crippen LogP contribution in [0.5, 0.6) is 0 Å². The van der Waals surface area contributed by atoms with Crippen LogP contribution in [-0.2, 0) is 12.7 Å². The minimum Gasteiger partial charge on any atom is -0.318 e. The average molecular weight is 259 g/mol. The molecule has 1 aromatic carbocycles. The lowest BCUT2D eigenvalue weighted by molar-refractivity contribution is -0.137. The zero-order chi connectivity index (χ0) is 13.3. The molecule has 2 aromatic rings.